The van der Waals surface area contributed by atoms with Crippen LogP contribution in [0.2, 0.25) is 5.02 Å². The quantitative estimate of drug-likeness (QED) is 0.316. The largest absolute Gasteiger partial charge is 0.456 e. The first kappa shape index (κ1) is 25.5. The Labute approximate surface area is 220 Å². The third kappa shape index (κ3) is 4.89. The first-order valence-electron chi connectivity index (χ1n) is 11.7. The maximum Gasteiger partial charge on any atom is 0.416 e. The van der Waals surface area contributed by atoms with E-state index in [1.54, 1.807) is 33.8 Å². The number of carbonyl (C=O) groups excluding carboxylic acids is 1. The summed E-state index contributed by atoms with van der Waals surface area (Å²) < 4.78 is 46.2. The van der Waals surface area contributed by atoms with E-state index in [1.807, 2.05) is 0 Å². The van der Waals surface area contributed by atoms with E-state index < -0.39 is 11.7 Å². The summed E-state index contributed by atoms with van der Waals surface area (Å²) >= 11 is 6.02. The average molecular weight is 543 g/mol. The van der Waals surface area contributed by atoms with Crippen LogP contribution in [0.4, 0.5) is 19.0 Å². The molecule has 3 heterocycles. The molecule has 38 heavy (non-hydrogen) atoms. The molecule has 0 saturated carbocycles. The van der Waals surface area contributed by atoms with E-state index in [4.69, 9.17) is 27.2 Å². The van der Waals surface area contributed by atoms with Crippen molar-refractivity contribution < 1.29 is 22.7 Å². The summed E-state index contributed by atoms with van der Waals surface area (Å²) in [7, 11) is 0. The Hall–Kier alpha value is -4.12. The molecule has 4 aromatic rings. The van der Waals surface area contributed by atoms with Gasteiger partial charge in [-0.1, -0.05) is 18.2 Å². The van der Waals surface area contributed by atoms with Crippen LogP contribution in [0.3, 0.4) is 0 Å². The molecule has 196 valence electrons. The number of piperidine rings is 1. The predicted octanol–water partition coefficient (Wildman–Crippen LogP) is 5.89. The fourth-order valence-corrected chi connectivity index (χ4v) is 4.72. The molecule has 0 bridgehead atoms. The third-order valence-corrected chi connectivity index (χ3v) is 6.66. The smallest absolute Gasteiger partial charge is 0.416 e. The average Bonchev–Trinajstić information content (AvgIpc) is 3.30. The number of hydrogen-bond donors (Lipinski definition) is 1. The number of halogens is 4. The Balaban J connectivity index is 1.45. The van der Waals surface area contributed by atoms with Crippen molar-refractivity contribution >= 4 is 34.4 Å². The molecular formula is C26H22ClF3N6O2. The number of fused-ring (bicyclic) bond motifs is 1. The first-order valence-corrected chi connectivity index (χ1v) is 12.1. The third-order valence-electron chi connectivity index (χ3n) is 6.36. The Morgan fingerprint density at radius 3 is 2.63 bits per heavy atom. The minimum atomic E-state index is -4.50. The van der Waals surface area contributed by atoms with Crippen LogP contribution in [0.15, 0.2) is 61.4 Å². The van der Waals surface area contributed by atoms with Gasteiger partial charge in [-0.05, 0) is 61.4 Å². The van der Waals surface area contributed by atoms with Gasteiger partial charge in [0.1, 0.15) is 29.3 Å². The van der Waals surface area contributed by atoms with Crippen molar-refractivity contribution in [2.75, 3.05) is 18.8 Å². The molecule has 1 amide bonds. The summed E-state index contributed by atoms with van der Waals surface area (Å²) in [6, 6.07) is 9.60. The van der Waals surface area contributed by atoms with Gasteiger partial charge < -0.3 is 15.4 Å². The number of alkyl halides is 3. The second kappa shape index (κ2) is 9.97. The number of nitrogens with two attached hydrogens (primary N) is 1. The van der Waals surface area contributed by atoms with Gasteiger partial charge in [0, 0.05) is 18.7 Å². The number of benzene rings is 2. The minimum absolute atomic E-state index is 0.0933. The number of nitrogens with zero attached hydrogens (tertiary/aromatic N) is 5. The number of ether oxygens (including phenoxy) is 1. The van der Waals surface area contributed by atoms with Crippen LogP contribution in [-0.4, -0.2) is 43.6 Å². The summed E-state index contributed by atoms with van der Waals surface area (Å²) in [5.41, 5.74) is 7.19. The van der Waals surface area contributed by atoms with E-state index in [0.717, 1.165) is 25.0 Å². The number of rotatable bonds is 5. The Kier molecular flexibility index (Phi) is 6.70. The van der Waals surface area contributed by atoms with E-state index in [2.05, 4.69) is 16.5 Å². The lowest BCUT2D eigenvalue weighted by atomic mass is 10.1. The zero-order valence-electron chi connectivity index (χ0n) is 20.0. The van der Waals surface area contributed by atoms with Gasteiger partial charge >= 0.3 is 6.18 Å². The lowest BCUT2D eigenvalue weighted by molar-refractivity contribution is -0.137. The van der Waals surface area contributed by atoms with Crippen LogP contribution in [0, 0.1) is 0 Å². The van der Waals surface area contributed by atoms with E-state index in [1.165, 1.54) is 18.5 Å². The molecule has 8 nitrogen and oxygen atoms in total. The minimum Gasteiger partial charge on any atom is -0.456 e. The molecule has 0 aliphatic carbocycles. The number of aromatic nitrogens is 4. The molecule has 2 aromatic heterocycles. The van der Waals surface area contributed by atoms with Crippen LogP contribution in [0.5, 0.6) is 11.5 Å². The van der Waals surface area contributed by atoms with Gasteiger partial charge in [-0.25, -0.2) is 14.6 Å². The summed E-state index contributed by atoms with van der Waals surface area (Å²) in [5.74, 6) is 0.595. The van der Waals surface area contributed by atoms with E-state index in [9.17, 15) is 18.0 Å². The van der Waals surface area contributed by atoms with Crippen LogP contribution >= 0.6 is 11.6 Å². The molecule has 1 fully saturated rings. The second-order valence-electron chi connectivity index (χ2n) is 8.80. The number of likely N-dealkylation sites (tertiary alicyclic amines) is 1. The lowest BCUT2D eigenvalue weighted by Crippen LogP contribution is -2.40. The van der Waals surface area contributed by atoms with Gasteiger partial charge in [0.15, 0.2) is 5.65 Å². The SMILES string of the molecule is C=CC(=O)N1CCC[C@H](n2nc(-c3ccc(Oc4ccc(C(F)(F)F)cc4Cl)cc3)c3c(N)ncnc32)C1. The van der Waals surface area contributed by atoms with Crippen molar-refractivity contribution in [3.63, 3.8) is 0 Å². The van der Waals surface area contributed by atoms with Crippen LogP contribution < -0.4 is 10.5 Å². The molecule has 0 radical (unpaired) electrons. The molecule has 0 unspecified atom stereocenters. The van der Waals surface area contributed by atoms with Gasteiger partial charge in [-0.15, -0.1) is 0 Å². The second-order valence-corrected chi connectivity index (χ2v) is 9.21. The zero-order chi connectivity index (χ0) is 27.0. The van der Waals surface area contributed by atoms with Crippen molar-refractivity contribution in [1.29, 1.82) is 0 Å². The summed E-state index contributed by atoms with van der Waals surface area (Å²) in [4.78, 5) is 22.5. The van der Waals surface area contributed by atoms with Gasteiger partial charge in [0.05, 0.1) is 22.0 Å². The monoisotopic (exact) mass is 542 g/mol. The maximum absolute atomic E-state index is 12.9. The number of hydrogen-bond acceptors (Lipinski definition) is 6. The summed E-state index contributed by atoms with van der Waals surface area (Å²) in [5, 5.41) is 5.25. The van der Waals surface area contributed by atoms with E-state index >= 15 is 0 Å². The molecule has 1 aliphatic rings. The number of anilines is 1. The summed E-state index contributed by atoms with van der Waals surface area (Å²) in [6.07, 6.45) is -0.211. The predicted molar refractivity (Wildman–Crippen MR) is 137 cm³/mol. The van der Waals surface area contributed by atoms with Gasteiger partial charge in [0.25, 0.3) is 0 Å². The Morgan fingerprint density at radius 2 is 1.95 bits per heavy atom. The van der Waals surface area contributed by atoms with Gasteiger partial charge in [0.2, 0.25) is 5.91 Å². The molecule has 0 spiro atoms. The molecule has 2 N–H and O–H groups in total. The van der Waals surface area contributed by atoms with Crippen molar-refractivity contribution in [3.8, 4) is 22.8 Å². The van der Waals surface area contributed by atoms with Crippen molar-refractivity contribution in [3.05, 3.63) is 72.0 Å². The Bertz CT molecular complexity index is 1520. The molecule has 5 rings (SSSR count). The van der Waals surface area contributed by atoms with E-state index in [-0.39, 0.29) is 28.5 Å². The molecule has 12 heteroatoms. The standard InChI is InChI=1S/C26H22ClF3N6O2/c1-2-21(37)35-11-3-4-17(13-35)36-25-22(24(31)32-14-33-25)23(34-36)15-5-8-18(9-6-15)38-20-10-7-16(12-19(20)27)26(28,29)30/h2,5-10,12,14,17H,1,3-4,11,13H2,(H2,31,32,33)/t17-/m0/s1. The fraction of sp³-hybridized carbons (Fsp3) is 0.231. The highest BCUT2D eigenvalue weighted by molar-refractivity contribution is 6.32. The highest BCUT2D eigenvalue weighted by Crippen LogP contribution is 2.38. The number of amides is 1. The van der Waals surface area contributed by atoms with Crippen molar-refractivity contribution in [2.45, 2.75) is 25.1 Å². The normalized spacial score (nSPS) is 16.0. The zero-order valence-corrected chi connectivity index (χ0v) is 20.7. The number of carbonyl (C=O) groups is 1. The molecule has 1 aliphatic heterocycles. The van der Waals surface area contributed by atoms with E-state index in [0.29, 0.717) is 41.1 Å². The van der Waals surface area contributed by atoms with Crippen LogP contribution in [0.1, 0.15) is 24.4 Å². The topological polar surface area (TPSA) is 99.2 Å². The van der Waals surface area contributed by atoms with Crippen molar-refractivity contribution in [1.82, 2.24) is 24.6 Å². The van der Waals surface area contributed by atoms with Gasteiger partial charge in [-0.2, -0.15) is 18.3 Å². The highest BCUT2D eigenvalue weighted by Gasteiger charge is 2.31. The summed E-state index contributed by atoms with van der Waals surface area (Å²) in [6.45, 7) is 4.69. The molecule has 2 aromatic carbocycles. The Morgan fingerprint density at radius 1 is 1.18 bits per heavy atom. The fourth-order valence-electron chi connectivity index (χ4n) is 4.50. The highest BCUT2D eigenvalue weighted by atomic mass is 35.5. The van der Waals surface area contributed by atoms with Crippen LogP contribution in [0.25, 0.3) is 22.3 Å². The molecule has 1 atom stereocenters. The first-order chi connectivity index (χ1) is 18.2. The molecular weight excluding hydrogens is 521 g/mol. The molecule has 1 saturated heterocycles. The number of nitrogen functional groups attached to an aromatic ring is 1. The lowest BCUT2D eigenvalue weighted by Gasteiger charge is -2.32. The maximum atomic E-state index is 12.9. The van der Waals surface area contributed by atoms with Crippen molar-refractivity contribution in [2.24, 2.45) is 0 Å². The van der Waals surface area contributed by atoms with Crippen LogP contribution in [-0.2, 0) is 11.0 Å². The van der Waals surface area contributed by atoms with Gasteiger partial charge in [-0.3, -0.25) is 4.79 Å².